The van der Waals surface area contributed by atoms with Crippen LogP contribution in [0.5, 0.6) is 0 Å². The summed E-state index contributed by atoms with van der Waals surface area (Å²) in [5.41, 5.74) is 10.2. The summed E-state index contributed by atoms with van der Waals surface area (Å²) >= 11 is 0. The zero-order chi connectivity index (χ0) is 31.9. The Hall–Kier alpha value is -6.15. The smallest absolute Gasteiger partial charge is 0.158 e. The molecular weight excluding hydrogens is 601 g/mol. The van der Waals surface area contributed by atoms with Crippen LogP contribution in [0.1, 0.15) is 22.3 Å². The van der Waals surface area contributed by atoms with Crippen molar-refractivity contribution in [3.63, 3.8) is 0 Å². The molecule has 6 aromatic carbocycles. The highest BCUT2D eigenvalue weighted by atomic mass is 32.2. The number of hydrogen-bond donors (Lipinski definition) is 0. The monoisotopic (exact) mass is 624 g/mol. The van der Waals surface area contributed by atoms with E-state index >= 15 is 0 Å². The molecule has 1 aliphatic rings. The van der Waals surface area contributed by atoms with Crippen LogP contribution in [0.15, 0.2) is 121 Å². The maximum atomic E-state index is 13.4. The SMILES string of the molecule is N#Cc1ccc2c(c1)c1cc(C#N)ccc1n2-c1ccc2c(c1)-c1cc(-n3c4ccccc4c4ccccc43)ccc1CS(=O)(=O)C2. The van der Waals surface area contributed by atoms with Gasteiger partial charge in [0.25, 0.3) is 0 Å². The van der Waals surface area contributed by atoms with Crippen molar-refractivity contribution in [1.82, 2.24) is 9.13 Å². The summed E-state index contributed by atoms with van der Waals surface area (Å²) in [6.45, 7) is 0. The van der Waals surface area contributed by atoms with Gasteiger partial charge in [-0.25, -0.2) is 8.42 Å². The molecule has 0 saturated carbocycles. The Morgan fingerprint density at radius 1 is 0.489 bits per heavy atom. The van der Waals surface area contributed by atoms with E-state index < -0.39 is 9.84 Å². The highest BCUT2D eigenvalue weighted by Crippen LogP contribution is 2.40. The van der Waals surface area contributed by atoms with Gasteiger partial charge >= 0.3 is 0 Å². The van der Waals surface area contributed by atoms with Gasteiger partial charge in [0.1, 0.15) is 0 Å². The fourth-order valence-corrected chi connectivity index (χ4v) is 8.88. The average molecular weight is 625 g/mol. The minimum atomic E-state index is -3.41. The van der Waals surface area contributed by atoms with Gasteiger partial charge in [-0.05, 0) is 95.1 Å². The van der Waals surface area contributed by atoms with Gasteiger partial charge in [0.05, 0.1) is 56.8 Å². The fourth-order valence-electron chi connectivity index (χ4n) is 7.33. The summed E-state index contributed by atoms with van der Waals surface area (Å²) in [6.07, 6.45) is 0. The van der Waals surface area contributed by atoms with E-state index in [-0.39, 0.29) is 11.5 Å². The lowest BCUT2D eigenvalue weighted by molar-refractivity contribution is 0.595. The van der Waals surface area contributed by atoms with Crippen molar-refractivity contribution >= 4 is 53.4 Å². The van der Waals surface area contributed by atoms with Crippen molar-refractivity contribution in [3.05, 3.63) is 144 Å². The molecule has 2 aromatic heterocycles. The van der Waals surface area contributed by atoms with Crippen LogP contribution in [0.25, 0.3) is 66.1 Å². The van der Waals surface area contributed by atoms with Crippen LogP contribution in [0.4, 0.5) is 0 Å². The molecule has 1 aliphatic heterocycles. The highest BCUT2D eigenvalue weighted by Gasteiger charge is 2.26. The van der Waals surface area contributed by atoms with Gasteiger partial charge in [-0.2, -0.15) is 10.5 Å². The Labute approximate surface area is 270 Å². The number of aromatic nitrogens is 2. The van der Waals surface area contributed by atoms with E-state index in [1.807, 2.05) is 60.7 Å². The molecule has 6 nitrogen and oxygen atoms in total. The number of hydrogen-bond acceptors (Lipinski definition) is 4. The van der Waals surface area contributed by atoms with Crippen molar-refractivity contribution in [3.8, 4) is 34.6 Å². The third-order valence-electron chi connectivity index (χ3n) is 9.35. The first-order valence-corrected chi connectivity index (χ1v) is 17.1. The van der Waals surface area contributed by atoms with Gasteiger partial charge in [-0.15, -0.1) is 0 Å². The third kappa shape index (κ3) is 4.11. The van der Waals surface area contributed by atoms with Gasteiger partial charge in [-0.3, -0.25) is 0 Å². The van der Waals surface area contributed by atoms with Gasteiger partial charge in [0.2, 0.25) is 0 Å². The first-order valence-electron chi connectivity index (χ1n) is 15.3. The van der Waals surface area contributed by atoms with Crippen LogP contribution in [-0.2, 0) is 21.3 Å². The van der Waals surface area contributed by atoms with Crippen molar-refractivity contribution in [1.29, 1.82) is 10.5 Å². The minimum absolute atomic E-state index is 0.0386. The van der Waals surface area contributed by atoms with E-state index in [1.165, 1.54) is 0 Å². The first-order chi connectivity index (χ1) is 22.9. The molecule has 3 heterocycles. The van der Waals surface area contributed by atoms with Crippen molar-refractivity contribution in [2.45, 2.75) is 11.5 Å². The second-order valence-corrected chi connectivity index (χ2v) is 14.2. The first kappa shape index (κ1) is 27.2. The molecule has 0 bridgehead atoms. The molecule has 222 valence electrons. The Kier molecular flexibility index (Phi) is 5.74. The van der Waals surface area contributed by atoms with Crippen LogP contribution in [0.2, 0.25) is 0 Å². The second-order valence-electron chi connectivity index (χ2n) is 12.1. The van der Waals surface area contributed by atoms with Crippen LogP contribution < -0.4 is 0 Å². The molecule has 0 radical (unpaired) electrons. The molecule has 0 spiro atoms. The summed E-state index contributed by atoms with van der Waals surface area (Å²) < 4.78 is 31.1. The lowest BCUT2D eigenvalue weighted by Crippen LogP contribution is -2.05. The van der Waals surface area contributed by atoms with Gasteiger partial charge in [0.15, 0.2) is 9.84 Å². The number of fused-ring (bicyclic) bond motifs is 9. The molecule has 0 atom stereocenters. The predicted molar refractivity (Wildman–Crippen MR) is 186 cm³/mol. The summed E-state index contributed by atoms with van der Waals surface area (Å²) in [4.78, 5) is 0. The van der Waals surface area contributed by atoms with Gasteiger partial charge in [0, 0.05) is 32.9 Å². The fraction of sp³-hybridized carbons (Fsp3) is 0.0500. The van der Waals surface area contributed by atoms with Crippen LogP contribution in [-0.4, -0.2) is 17.6 Å². The third-order valence-corrected chi connectivity index (χ3v) is 10.8. The summed E-state index contributed by atoms with van der Waals surface area (Å²) in [5.74, 6) is -0.0880. The molecule has 0 N–H and O–H groups in total. The number of benzene rings is 6. The van der Waals surface area contributed by atoms with Crippen molar-refractivity contribution in [2.75, 3.05) is 0 Å². The number of rotatable bonds is 2. The standard InChI is InChI=1S/C40H24N4O2S/c41-21-25-9-15-39-35(17-25)36-18-26(22-42)10-16-40(36)44(39)30-14-12-28-24-47(45,46)23-27-11-13-29(19-33(27)34(28)20-30)43-37-7-3-1-5-31(37)32-6-2-4-8-38(32)43/h1-20H,23-24H2. The Bertz CT molecular complexity index is 2720. The van der Waals surface area contributed by atoms with E-state index in [1.54, 1.807) is 12.1 Å². The summed E-state index contributed by atoms with van der Waals surface area (Å²) in [7, 11) is -3.41. The quantitative estimate of drug-likeness (QED) is 0.192. The molecule has 47 heavy (non-hydrogen) atoms. The van der Waals surface area contributed by atoms with Crippen LogP contribution in [0.3, 0.4) is 0 Å². The number of nitriles is 2. The van der Waals surface area contributed by atoms with E-state index in [4.69, 9.17) is 0 Å². The number of para-hydroxylation sites is 2. The maximum absolute atomic E-state index is 13.4. The molecule has 0 amide bonds. The summed E-state index contributed by atoms with van der Waals surface area (Å²) in [6, 6.07) is 44.4. The lowest BCUT2D eigenvalue weighted by Gasteiger charge is -2.16. The minimum Gasteiger partial charge on any atom is -0.309 e. The largest absolute Gasteiger partial charge is 0.309 e. The lowest BCUT2D eigenvalue weighted by atomic mass is 9.95. The predicted octanol–water partition coefficient (Wildman–Crippen LogP) is 8.72. The molecule has 0 aliphatic carbocycles. The normalized spacial score (nSPS) is 13.7. The Balaban J connectivity index is 1.32. The molecule has 7 heteroatoms. The van der Waals surface area contributed by atoms with Gasteiger partial charge < -0.3 is 9.13 Å². The maximum Gasteiger partial charge on any atom is 0.158 e. The number of nitrogens with zero attached hydrogens (tertiary/aromatic N) is 4. The van der Waals surface area contributed by atoms with E-state index in [9.17, 15) is 18.9 Å². The van der Waals surface area contributed by atoms with E-state index in [0.29, 0.717) is 11.1 Å². The Morgan fingerprint density at radius 2 is 0.915 bits per heavy atom. The molecular formula is C40H24N4O2S. The van der Waals surface area contributed by atoms with Crippen LogP contribution >= 0.6 is 0 Å². The van der Waals surface area contributed by atoms with E-state index in [2.05, 4.69) is 69.8 Å². The Morgan fingerprint density at radius 3 is 1.36 bits per heavy atom. The van der Waals surface area contributed by atoms with Crippen LogP contribution in [0, 0.1) is 22.7 Å². The zero-order valence-corrected chi connectivity index (χ0v) is 25.8. The second kappa shape index (κ2) is 9.92. The zero-order valence-electron chi connectivity index (χ0n) is 25.0. The van der Waals surface area contributed by atoms with Gasteiger partial charge in [-0.1, -0.05) is 48.5 Å². The molecule has 0 saturated heterocycles. The van der Waals surface area contributed by atoms with E-state index in [0.717, 1.165) is 77.2 Å². The highest BCUT2D eigenvalue weighted by molar-refractivity contribution is 7.89. The molecule has 9 rings (SSSR count). The number of sulfone groups is 1. The topological polar surface area (TPSA) is 91.6 Å². The molecule has 8 aromatic rings. The average Bonchev–Trinajstić information content (AvgIpc) is 3.56. The van der Waals surface area contributed by atoms with Crippen molar-refractivity contribution < 1.29 is 8.42 Å². The molecule has 0 unspecified atom stereocenters. The molecule has 0 fully saturated rings. The summed E-state index contributed by atoms with van der Waals surface area (Å²) in [5, 5.41) is 23.3. The van der Waals surface area contributed by atoms with Crippen molar-refractivity contribution in [2.24, 2.45) is 0 Å².